The molecule has 0 saturated heterocycles. The maximum atomic E-state index is 5.90. The molecule has 0 radical (unpaired) electrons. The molecule has 21 heavy (non-hydrogen) atoms. The van der Waals surface area contributed by atoms with E-state index in [0.717, 1.165) is 33.7 Å². The van der Waals surface area contributed by atoms with E-state index < -0.39 is 0 Å². The number of aromatic amines is 1. The molecule has 0 bridgehead atoms. The van der Waals surface area contributed by atoms with Gasteiger partial charge in [-0.15, -0.1) is 0 Å². The van der Waals surface area contributed by atoms with Crippen molar-refractivity contribution in [1.82, 2.24) is 10.2 Å². The summed E-state index contributed by atoms with van der Waals surface area (Å²) in [6.07, 6.45) is 0. The van der Waals surface area contributed by atoms with Crippen LogP contribution in [0.1, 0.15) is 0 Å². The van der Waals surface area contributed by atoms with Crippen molar-refractivity contribution in [3.8, 4) is 22.7 Å². The number of hydrogen-bond acceptors (Lipinski definition) is 2. The van der Waals surface area contributed by atoms with Crippen LogP contribution in [0.5, 0.6) is 0 Å². The van der Waals surface area contributed by atoms with Gasteiger partial charge in [0.1, 0.15) is 11.3 Å². The second kappa shape index (κ2) is 4.79. The second-order valence-corrected chi connectivity index (χ2v) is 5.26. The Labute approximate surface area is 126 Å². The Balaban J connectivity index is 1.75. The number of fused-ring (bicyclic) bond motifs is 1. The van der Waals surface area contributed by atoms with E-state index in [1.54, 1.807) is 0 Å². The van der Waals surface area contributed by atoms with E-state index in [0.29, 0.717) is 5.02 Å². The molecule has 1 N–H and O–H groups in total. The van der Waals surface area contributed by atoms with Crippen LogP contribution in [0.25, 0.3) is 33.7 Å². The van der Waals surface area contributed by atoms with Crippen LogP contribution in [0.3, 0.4) is 0 Å². The van der Waals surface area contributed by atoms with E-state index >= 15 is 0 Å². The van der Waals surface area contributed by atoms with Crippen LogP contribution in [0.2, 0.25) is 5.02 Å². The van der Waals surface area contributed by atoms with Gasteiger partial charge >= 0.3 is 0 Å². The number of furan rings is 1. The Morgan fingerprint density at radius 1 is 0.952 bits per heavy atom. The molecule has 2 heterocycles. The third-order valence-electron chi connectivity index (χ3n) is 3.41. The largest absolute Gasteiger partial charge is 0.454 e. The number of halogens is 1. The minimum Gasteiger partial charge on any atom is -0.454 e. The van der Waals surface area contributed by atoms with Gasteiger partial charge in [-0.3, -0.25) is 5.10 Å². The highest BCUT2D eigenvalue weighted by Crippen LogP contribution is 2.29. The number of aromatic nitrogens is 2. The normalized spacial score (nSPS) is 11.1. The first kappa shape index (κ1) is 12.2. The van der Waals surface area contributed by atoms with Crippen LogP contribution in [0.15, 0.2) is 65.1 Å². The quantitative estimate of drug-likeness (QED) is 0.556. The molecule has 0 atom stereocenters. The minimum atomic E-state index is 0.715. The fraction of sp³-hybridized carbons (Fsp3) is 0. The number of nitrogens with one attached hydrogen (secondary N) is 1. The molecule has 0 aliphatic carbocycles. The summed E-state index contributed by atoms with van der Waals surface area (Å²) in [5.74, 6) is 0.781. The smallest absolute Gasteiger partial charge is 0.153 e. The summed E-state index contributed by atoms with van der Waals surface area (Å²) < 4.78 is 5.83. The second-order valence-electron chi connectivity index (χ2n) is 4.82. The van der Waals surface area contributed by atoms with Gasteiger partial charge in [-0.2, -0.15) is 5.10 Å². The van der Waals surface area contributed by atoms with Crippen molar-refractivity contribution in [2.24, 2.45) is 0 Å². The number of benzene rings is 2. The molecule has 0 aliphatic heterocycles. The Morgan fingerprint density at radius 2 is 1.76 bits per heavy atom. The summed E-state index contributed by atoms with van der Waals surface area (Å²) in [5.41, 5.74) is 3.60. The molecule has 4 heteroatoms. The third-order valence-corrected chi connectivity index (χ3v) is 3.66. The molecule has 0 amide bonds. The number of nitrogens with zero attached hydrogens (tertiary/aromatic N) is 1. The molecule has 0 aliphatic rings. The lowest BCUT2D eigenvalue weighted by Gasteiger charge is -1.94. The Kier molecular flexibility index (Phi) is 2.79. The summed E-state index contributed by atoms with van der Waals surface area (Å²) in [4.78, 5) is 0. The van der Waals surface area contributed by atoms with Crippen molar-refractivity contribution in [3.63, 3.8) is 0 Å². The number of para-hydroxylation sites is 1. The Morgan fingerprint density at radius 3 is 2.57 bits per heavy atom. The highest BCUT2D eigenvalue weighted by Gasteiger charge is 2.10. The zero-order valence-electron chi connectivity index (χ0n) is 11.0. The molecule has 0 spiro atoms. The van der Waals surface area contributed by atoms with Crippen molar-refractivity contribution >= 4 is 22.6 Å². The number of hydrogen-bond donors (Lipinski definition) is 1. The average Bonchev–Trinajstić information content (AvgIpc) is 3.14. The van der Waals surface area contributed by atoms with E-state index in [2.05, 4.69) is 10.2 Å². The highest BCUT2D eigenvalue weighted by molar-refractivity contribution is 6.30. The van der Waals surface area contributed by atoms with Crippen molar-refractivity contribution in [2.45, 2.75) is 0 Å². The lowest BCUT2D eigenvalue weighted by Crippen LogP contribution is -1.76. The maximum Gasteiger partial charge on any atom is 0.153 e. The topological polar surface area (TPSA) is 41.8 Å². The fourth-order valence-corrected chi connectivity index (χ4v) is 2.46. The SMILES string of the molecule is Clc1ccc(-c2cc(-c3cc4ccccc4o3)[nH]n2)cc1. The van der Waals surface area contributed by atoms with E-state index in [1.807, 2.05) is 60.7 Å². The zero-order valence-corrected chi connectivity index (χ0v) is 11.8. The summed E-state index contributed by atoms with van der Waals surface area (Å²) in [7, 11) is 0. The monoisotopic (exact) mass is 294 g/mol. The highest BCUT2D eigenvalue weighted by atomic mass is 35.5. The number of rotatable bonds is 2. The number of H-pyrrole nitrogens is 1. The summed E-state index contributed by atoms with van der Waals surface area (Å²) in [6, 6.07) is 19.5. The molecule has 2 aromatic heterocycles. The molecule has 3 nitrogen and oxygen atoms in total. The predicted molar refractivity (Wildman–Crippen MR) is 84.2 cm³/mol. The predicted octanol–water partition coefficient (Wildman–Crippen LogP) is 5.14. The molecule has 4 aromatic rings. The van der Waals surface area contributed by atoms with E-state index in [1.165, 1.54) is 0 Å². The molecule has 0 saturated carbocycles. The van der Waals surface area contributed by atoms with E-state index in [9.17, 15) is 0 Å². The zero-order chi connectivity index (χ0) is 14.2. The van der Waals surface area contributed by atoms with Crippen LogP contribution in [-0.4, -0.2) is 10.2 Å². The molecule has 0 fully saturated rings. The minimum absolute atomic E-state index is 0.715. The summed E-state index contributed by atoms with van der Waals surface area (Å²) in [6.45, 7) is 0. The lowest BCUT2D eigenvalue weighted by molar-refractivity contribution is 0.628. The first-order valence-electron chi connectivity index (χ1n) is 6.60. The van der Waals surface area contributed by atoms with Crippen LogP contribution < -0.4 is 0 Å². The van der Waals surface area contributed by atoms with Gasteiger partial charge in [-0.05, 0) is 30.3 Å². The Hall–Kier alpha value is -2.52. The molecule has 0 unspecified atom stereocenters. The van der Waals surface area contributed by atoms with Crippen molar-refractivity contribution in [2.75, 3.05) is 0 Å². The summed E-state index contributed by atoms with van der Waals surface area (Å²) in [5, 5.41) is 9.15. The van der Waals surface area contributed by atoms with Gasteiger partial charge in [0.2, 0.25) is 0 Å². The van der Waals surface area contributed by atoms with Crippen molar-refractivity contribution in [1.29, 1.82) is 0 Å². The van der Waals surface area contributed by atoms with Crippen molar-refractivity contribution in [3.05, 3.63) is 65.7 Å². The van der Waals surface area contributed by atoms with E-state index in [-0.39, 0.29) is 0 Å². The fourth-order valence-electron chi connectivity index (χ4n) is 2.33. The Bertz CT molecular complexity index is 873. The lowest BCUT2D eigenvalue weighted by atomic mass is 10.1. The molecule has 102 valence electrons. The summed E-state index contributed by atoms with van der Waals surface area (Å²) >= 11 is 5.90. The standard InChI is InChI=1S/C17H11ClN2O/c18-13-7-5-11(6-8-13)14-10-15(20-19-14)17-9-12-3-1-2-4-16(12)21-17/h1-10H,(H,19,20). The average molecular weight is 295 g/mol. The van der Waals surface area contributed by atoms with Crippen LogP contribution in [0.4, 0.5) is 0 Å². The van der Waals surface area contributed by atoms with Crippen LogP contribution in [-0.2, 0) is 0 Å². The first-order chi connectivity index (χ1) is 10.3. The van der Waals surface area contributed by atoms with E-state index in [4.69, 9.17) is 16.0 Å². The van der Waals surface area contributed by atoms with Gasteiger partial charge in [0.15, 0.2) is 5.76 Å². The van der Waals surface area contributed by atoms with Gasteiger partial charge in [0, 0.05) is 16.0 Å². The van der Waals surface area contributed by atoms with Gasteiger partial charge in [-0.1, -0.05) is 41.9 Å². The van der Waals surface area contributed by atoms with Gasteiger partial charge < -0.3 is 4.42 Å². The maximum absolute atomic E-state index is 5.90. The molecular formula is C17H11ClN2O. The van der Waals surface area contributed by atoms with Gasteiger partial charge in [0.05, 0.1) is 5.69 Å². The molecule has 2 aromatic carbocycles. The first-order valence-corrected chi connectivity index (χ1v) is 6.98. The van der Waals surface area contributed by atoms with Crippen LogP contribution >= 0.6 is 11.6 Å². The third kappa shape index (κ3) is 2.22. The molecular weight excluding hydrogens is 284 g/mol. The molecule has 4 rings (SSSR count). The van der Waals surface area contributed by atoms with Crippen molar-refractivity contribution < 1.29 is 4.42 Å². The van der Waals surface area contributed by atoms with Gasteiger partial charge in [0.25, 0.3) is 0 Å². The van der Waals surface area contributed by atoms with Crippen LogP contribution in [0, 0.1) is 0 Å². The van der Waals surface area contributed by atoms with Gasteiger partial charge in [-0.25, -0.2) is 0 Å².